The first-order valence-corrected chi connectivity index (χ1v) is 6.44. The molecule has 20 heavy (non-hydrogen) atoms. The summed E-state index contributed by atoms with van der Waals surface area (Å²) in [5, 5.41) is 18.8. The molecule has 104 valence electrons. The Kier molecular flexibility index (Phi) is 2.94. The Morgan fingerprint density at radius 2 is 2.25 bits per heavy atom. The van der Waals surface area contributed by atoms with Crippen LogP contribution in [0.2, 0.25) is 0 Å². The summed E-state index contributed by atoms with van der Waals surface area (Å²) in [6.07, 6.45) is 1.29. The Bertz CT molecular complexity index is 678. The highest BCUT2D eigenvalue weighted by molar-refractivity contribution is 5.88. The van der Waals surface area contributed by atoms with Crippen LogP contribution in [-0.2, 0) is 13.0 Å². The second-order valence-corrected chi connectivity index (χ2v) is 4.99. The minimum absolute atomic E-state index is 0.0330. The maximum absolute atomic E-state index is 11.3. The fraction of sp³-hybridized carbons (Fsp3) is 0.286. The second-order valence-electron chi connectivity index (χ2n) is 4.99. The van der Waals surface area contributed by atoms with Gasteiger partial charge < -0.3 is 20.5 Å². The number of aromatic hydroxyl groups is 1. The smallest absolute Gasteiger partial charge is 0.356 e. The van der Waals surface area contributed by atoms with E-state index in [1.807, 2.05) is 4.57 Å². The normalized spacial score (nSPS) is 17.8. The molecule has 1 aliphatic rings. The molecule has 1 unspecified atom stereocenters. The number of benzene rings is 1. The Hall–Kier alpha value is -2.34. The number of fused-ring (bicyclic) bond motifs is 1. The topological polar surface area (TPSA) is 101 Å². The highest BCUT2D eigenvalue weighted by Crippen LogP contribution is 2.28. The van der Waals surface area contributed by atoms with Gasteiger partial charge in [-0.1, -0.05) is 12.1 Å². The van der Waals surface area contributed by atoms with Crippen molar-refractivity contribution in [1.29, 1.82) is 0 Å². The fourth-order valence-corrected chi connectivity index (χ4v) is 2.62. The number of phenolic OH excluding ortho intramolecular Hbond substituents is 1. The van der Waals surface area contributed by atoms with E-state index in [0.717, 1.165) is 6.42 Å². The Morgan fingerprint density at radius 1 is 1.45 bits per heavy atom. The van der Waals surface area contributed by atoms with Crippen molar-refractivity contribution < 1.29 is 15.0 Å². The predicted molar refractivity (Wildman–Crippen MR) is 72.6 cm³/mol. The summed E-state index contributed by atoms with van der Waals surface area (Å²) in [5.41, 5.74) is 7.34. The molecule has 6 heteroatoms. The molecule has 2 aromatic rings. The molecule has 3 rings (SSSR count). The Morgan fingerprint density at radius 3 is 2.95 bits per heavy atom. The molecule has 6 nitrogen and oxygen atoms in total. The fourth-order valence-electron chi connectivity index (χ4n) is 2.62. The molecule has 0 saturated heterocycles. The van der Waals surface area contributed by atoms with Crippen LogP contribution in [0.1, 0.15) is 22.6 Å². The molecule has 1 aliphatic heterocycles. The lowest BCUT2D eigenvalue weighted by Gasteiger charge is -2.22. The highest BCUT2D eigenvalue weighted by atomic mass is 16.4. The third-order valence-electron chi connectivity index (χ3n) is 3.56. The lowest BCUT2D eigenvalue weighted by Crippen LogP contribution is -2.31. The largest absolute Gasteiger partial charge is 0.508 e. The first-order valence-electron chi connectivity index (χ1n) is 6.44. The molecular formula is C14H15N3O3. The molecule has 0 spiro atoms. The molecule has 1 atom stereocenters. The van der Waals surface area contributed by atoms with Gasteiger partial charge in [-0.25, -0.2) is 9.78 Å². The summed E-state index contributed by atoms with van der Waals surface area (Å²) in [7, 11) is 0. The lowest BCUT2D eigenvalue weighted by molar-refractivity contribution is 0.0689. The average Bonchev–Trinajstić information content (AvgIpc) is 2.77. The number of hydrogen-bond donors (Lipinski definition) is 3. The van der Waals surface area contributed by atoms with Gasteiger partial charge in [0.05, 0.1) is 5.69 Å². The monoisotopic (exact) mass is 273 g/mol. The number of rotatable bonds is 2. The van der Waals surface area contributed by atoms with Crippen LogP contribution in [0.5, 0.6) is 5.75 Å². The van der Waals surface area contributed by atoms with Crippen LogP contribution >= 0.6 is 0 Å². The van der Waals surface area contributed by atoms with E-state index >= 15 is 0 Å². The number of carboxylic acids is 1. The molecule has 1 aromatic carbocycles. The van der Waals surface area contributed by atoms with Gasteiger partial charge in [0.2, 0.25) is 0 Å². The molecule has 0 fully saturated rings. The Labute approximate surface area is 115 Å². The minimum Gasteiger partial charge on any atom is -0.508 e. The SMILES string of the molecule is NC1CCn2c(-c3cccc(O)c3)nc(C(=O)O)c2C1. The van der Waals surface area contributed by atoms with Gasteiger partial charge in [-0.05, 0) is 18.6 Å². The summed E-state index contributed by atoms with van der Waals surface area (Å²) in [6, 6.07) is 6.62. The van der Waals surface area contributed by atoms with Crippen molar-refractivity contribution in [2.45, 2.75) is 25.4 Å². The number of carboxylic acid groups (broad SMARTS) is 1. The van der Waals surface area contributed by atoms with E-state index in [0.29, 0.717) is 30.0 Å². The van der Waals surface area contributed by atoms with Crippen LogP contribution in [0.4, 0.5) is 0 Å². The second kappa shape index (κ2) is 4.64. The van der Waals surface area contributed by atoms with Crippen LogP contribution in [0.25, 0.3) is 11.4 Å². The van der Waals surface area contributed by atoms with E-state index in [1.54, 1.807) is 24.3 Å². The number of hydrogen-bond acceptors (Lipinski definition) is 4. The number of phenols is 1. The molecule has 0 aliphatic carbocycles. The van der Waals surface area contributed by atoms with Crippen molar-refractivity contribution in [3.8, 4) is 17.1 Å². The number of aromatic carboxylic acids is 1. The van der Waals surface area contributed by atoms with E-state index in [-0.39, 0.29) is 17.5 Å². The maximum atomic E-state index is 11.3. The van der Waals surface area contributed by atoms with Gasteiger partial charge in [-0.2, -0.15) is 0 Å². The van der Waals surface area contributed by atoms with Crippen molar-refractivity contribution in [1.82, 2.24) is 9.55 Å². The number of imidazole rings is 1. The van der Waals surface area contributed by atoms with Crippen LogP contribution < -0.4 is 5.73 Å². The Balaban J connectivity index is 2.17. The summed E-state index contributed by atoms with van der Waals surface area (Å²) in [4.78, 5) is 15.6. The standard InChI is InChI=1S/C14H15N3O3/c15-9-4-5-17-11(7-9)12(14(19)20)16-13(17)8-2-1-3-10(18)6-8/h1-3,6,9,18H,4-5,7,15H2,(H,19,20). The van der Waals surface area contributed by atoms with Crippen LogP contribution in [0.3, 0.4) is 0 Å². The number of nitrogens with zero attached hydrogens (tertiary/aromatic N) is 2. The van der Waals surface area contributed by atoms with Crippen molar-refractivity contribution in [3.05, 3.63) is 35.7 Å². The summed E-state index contributed by atoms with van der Waals surface area (Å²) in [6.45, 7) is 0.641. The summed E-state index contributed by atoms with van der Waals surface area (Å²) >= 11 is 0. The first kappa shape index (κ1) is 12.7. The van der Waals surface area contributed by atoms with Crippen molar-refractivity contribution in [2.75, 3.05) is 0 Å². The quantitative estimate of drug-likeness (QED) is 0.763. The molecule has 4 N–H and O–H groups in total. The molecule has 0 bridgehead atoms. The van der Waals surface area contributed by atoms with E-state index in [9.17, 15) is 15.0 Å². The molecular weight excluding hydrogens is 258 g/mol. The van der Waals surface area contributed by atoms with Gasteiger partial charge >= 0.3 is 5.97 Å². The number of carbonyl (C=O) groups is 1. The third-order valence-corrected chi connectivity index (χ3v) is 3.56. The maximum Gasteiger partial charge on any atom is 0.356 e. The van der Waals surface area contributed by atoms with E-state index < -0.39 is 5.97 Å². The highest BCUT2D eigenvalue weighted by Gasteiger charge is 2.27. The van der Waals surface area contributed by atoms with Crippen molar-refractivity contribution in [3.63, 3.8) is 0 Å². The van der Waals surface area contributed by atoms with Gasteiger partial charge in [-0.15, -0.1) is 0 Å². The summed E-state index contributed by atoms with van der Waals surface area (Å²) < 4.78 is 1.89. The number of nitrogens with two attached hydrogens (primary N) is 1. The van der Waals surface area contributed by atoms with Crippen molar-refractivity contribution in [2.24, 2.45) is 5.73 Å². The minimum atomic E-state index is -1.05. The zero-order chi connectivity index (χ0) is 14.3. The predicted octanol–water partition coefficient (Wildman–Crippen LogP) is 1.23. The van der Waals surface area contributed by atoms with E-state index in [1.165, 1.54) is 0 Å². The van der Waals surface area contributed by atoms with Gasteiger partial charge in [0, 0.05) is 24.6 Å². The van der Waals surface area contributed by atoms with Crippen molar-refractivity contribution >= 4 is 5.97 Å². The third kappa shape index (κ3) is 2.04. The number of aromatic nitrogens is 2. The average molecular weight is 273 g/mol. The zero-order valence-electron chi connectivity index (χ0n) is 10.8. The molecule has 0 saturated carbocycles. The summed E-state index contributed by atoms with van der Waals surface area (Å²) in [5.74, 6) is -0.348. The molecule has 0 amide bonds. The van der Waals surface area contributed by atoms with Crippen LogP contribution in [0.15, 0.2) is 24.3 Å². The van der Waals surface area contributed by atoms with Gasteiger partial charge in [0.25, 0.3) is 0 Å². The van der Waals surface area contributed by atoms with Gasteiger partial charge in [-0.3, -0.25) is 0 Å². The van der Waals surface area contributed by atoms with Crippen LogP contribution in [-0.4, -0.2) is 31.8 Å². The van der Waals surface area contributed by atoms with Gasteiger partial charge in [0.1, 0.15) is 11.6 Å². The van der Waals surface area contributed by atoms with E-state index in [2.05, 4.69) is 4.98 Å². The van der Waals surface area contributed by atoms with Crippen LogP contribution in [0, 0.1) is 0 Å². The lowest BCUT2D eigenvalue weighted by atomic mass is 10.0. The molecule has 2 heterocycles. The zero-order valence-corrected chi connectivity index (χ0v) is 10.8. The molecule has 0 radical (unpaired) electrons. The molecule has 1 aromatic heterocycles. The van der Waals surface area contributed by atoms with E-state index in [4.69, 9.17) is 5.73 Å². The van der Waals surface area contributed by atoms with Gasteiger partial charge in [0.15, 0.2) is 5.69 Å². The first-order chi connectivity index (χ1) is 9.56.